The summed E-state index contributed by atoms with van der Waals surface area (Å²) in [7, 11) is 0. The number of nitrogens with zero attached hydrogens (tertiary/aromatic N) is 1. The van der Waals surface area contributed by atoms with E-state index in [1.54, 1.807) is 0 Å². The van der Waals surface area contributed by atoms with Gasteiger partial charge in [0.2, 0.25) is 0 Å². The third-order valence-corrected chi connectivity index (χ3v) is 2.63. The normalized spacial score (nSPS) is 11.0. The summed E-state index contributed by atoms with van der Waals surface area (Å²) in [4.78, 5) is 14.4. The Morgan fingerprint density at radius 2 is 2.11 bits per heavy atom. The van der Waals surface area contributed by atoms with Crippen molar-refractivity contribution in [3.05, 3.63) is 34.7 Å². The first kappa shape index (κ1) is 13.4. The summed E-state index contributed by atoms with van der Waals surface area (Å²) in [6.07, 6.45) is 0.987. The Hall–Kier alpha value is -2.02. The summed E-state index contributed by atoms with van der Waals surface area (Å²) in [6, 6.07) is 1.96. The summed E-state index contributed by atoms with van der Waals surface area (Å²) in [5.74, 6) is -3.19. The Balaban J connectivity index is 2.65. The van der Waals surface area contributed by atoms with Crippen LogP contribution in [0.15, 0.2) is 18.3 Å². The molecule has 0 saturated heterocycles. The topological polar surface area (TPSA) is 59.4 Å². The van der Waals surface area contributed by atoms with E-state index in [4.69, 9.17) is 16.7 Å². The zero-order valence-corrected chi connectivity index (χ0v) is 9.79. The lowest BCUT2D eigenvalue weighted by molar-refractivity contribution is -0.0520. The predicted molar refractivity (Wildman–Crippen MR) is 60.3 cm³/mol. The quantitative estimate of drug-likeness (QED) is 0.942. The van der Waals surface area contributed by atoms with Crippen molar-refractivity contribution in [2.24, 2.45) is 0 Å². The van der Waals surface area contributed by atoms with Crippen LogP contribution in [0.1, 0.15) is 10.4 Å². The van der Waals surface area contributed by atoms with Crippen LogP contribution in [0, 0.1) is 5.82 Å². The van der Waals surface area contributed by atoms with Crippen LogP contribution in [0.25, 0.3) is 10.9 Å². The molecule has 8 heteroatoms. The zero-order chi connectivity index (χ0) is 14.2. The average molecular weight is 292 g/mol. The molecule has 0 spiro atoms. The van der Waals surface area contributed by atoms with E-state index in [2.05, 4.69) is 9.72 Å². The first-order valence-electron chi connectivity index (χ1n) is 4.86. The number of aromatic nitrogens is 1. The molecular formula is C11H5ClF3NO3. The van der Waals surface area contributed by atoms with Crippen LogP contribution in [0.5, 0.6) is 5.75 Å². The summed E-state index contributed by atoms with van der Waals surface area (Å²) in [5, 5.41) is 8.40. The lowest BCUT2D eigenvalue weighted by atomic mass is 10.1. The molecule has 0 fully saturated rings. The number of carbonyl (C=O) groups is 1. The number of halogens is 4. The Kier molecular flexibility index (Phi) is 3.48. The van der Waals surface area contributed by atoms with E-state index in [0.717, 1.165) is 18.3 Å². The number of benzene rings is 1. The number of rotatable bonds is 3. The minimum atomic E-state index is -3.23. The Bertz CT molecular complexity index is 663. The first-order valence-corrected chi connectivity index (χ1v) is 5.24. The number of fused-ring (bicyclic) bond motifs is 1. The highest BCUT2D eigenvalue weighted by molar-refractivity contribution is 6.36. The van der Waals surface area contributed by atoms with Gasteiger partial charge in [-0.1, -0.05) is 11.6 Å². The molecule has 2 rings (SSSR count). The van der Waals surface area contributed by atoms with Crippen molar-refractivity contribution in [2.75, 3.05) is 0 Å². The third-order valence-electron chi connectivity index (χ3n) is 2.28. The fourth-order valence-corrected chi connectivity index (χ4v) is 1.80. The maximum atomic E-state index is 13.6. The van der Waals surface area contributed by atoms with Gasteiger partial charge >= 0.3 is 12.6 Å². The van der Waals surface area contributed by atoms with Crippen molar-refractivity contribution in [3.8, 4) is 5.75 Å². The highest BCUT2D eigenvalue weighted by atomic mass is 35.5. The van der Waals surface area contributed by atoms with E-state index in [9.17, 15) is 18.0 Å². The van der Waals surface area contributed by atoms with Crippen LogP contribution >= 0.6 is 11.6 Å². The Labute approximate surface area is 109 Å². The highest BCUT2D eigenvalue weighted by Crippen LogP contribution is 2.35. The number of hydrogen-bond donors (Lipinski definition) is 1. The Morgan fingerprint density at radius 1 is 1.42 bits per heavy atom. The van der Waals surface area contributed by atoms with Crippen molar-refractivity contribution >= 4 is 28.5 Å². The van der Waals surface area contributed by atoms with Gasteiger partial charge in [0.25, 0.3) is 0 Å². The van der Waals surface area contributed by atoms with Crippen LogP contribution in [0.3, 0.4) is 0 Å². The number of pyridine rings is 1. The number of aromatic carboxylic acids is 1. The molecule has 0 saturated carbocycles. The van der Waals surface area contributed by atoms with Gasteiger partial charge in [0, 0.05) is 11.6 Å². The van der Waals surface area contributed by atoms with E-state index in [1.165, 1.54) is 0 Å². The molecule has 2 aromatic rings. The SMILES string of the molecule is O=C(O)c1cnc2c(Cl)c(OC(F)F)c(F)cc2c1. The lowest BCUT2D eigenvalue weighted by Crippen LogP contribution is -2.05. The van der Waals surface area contributed by atoms with Gasteiger partial charge in [0.05, 0.1) is 11.1 Å². The number of ether oxygens (including phenoxy) is 1. The summed E-state index contributed by atoms with van der Waals surface area (Å²) < 4.78 is 41.7. The molecule has 0 amide bonds. The largest absolute Gasteiger partial charge is 0.478 e. The van der Waals surface area contributed by atoms with Gasteiger partial charge in [0.1, 0.15) is 5.02 Å². The van der Waals surface area contributed by atoms with Gasteiger partial charge in [-0.3, -0.25) is 4.98 Å². The summed E-state index contributed by atoms with van der Waals surface area (Å²) >= 11 is 5.71. The lowest BCUT2D eigenvalue weighted by Gasteiger charge is -2.10. The van der Waals surface area contributed by atoms with Crippen molar-refractivity contribution in [1.29, 1.82) is 0 Å². The van der Waals surface area contributed by atoms with Crippen molar-refractivity contribution in [2.45, 2.75) is 6.61 Å². The molecule has 1 aromatic carbocycles. The number of carboxylic acids is 1. The van der Waals surface area contributed by atoms with Crippen molar-refractivity contribution < 1.29 is 27.8 Å². The van der Waals surface area contributed by atoms with Crippen molar-refractivity contribution in [3.63, 3.8) is 0 Å². The summed E-state index contributed by atoms with van der Waals surface area (Å²) in [5.41, 5.74) is -0.200. The first-order chi connectivity index (χ1) is 8.90. The van der Waals surface area contributed by atoms with E-state index in [1.807, 2.05) is 0 Å². The fourth-order valence-electron chi connectivity index (χ4n) is 1.50. The van der Waals surface area contributed by atoms with E-state index < -0.39 is 29.2 Å². The van der Waals surface area contributed by atoms with E-state index in [0.29, 0.717) is 0 Å². The van der Waals surface area contributed by atoms with Crippen LogP contribution in [0.4, 0.5) is 13.2 Å². The number of alkyl halides is 2. The molecule has 0 aliphatic rings. The molecule has 1 aromatic heterocycles. The number of hydrogen-bond acceptors (Lipinski definition) is 3. The molecule has 0 unspecified atom stereocenters. The smallest absolute Gasteiger partial charge is 0.387 e. The highest BCUT2D eigenvalue weighted by Gasteiger charge is 2.19. The van der Waals surface area contributed by atoms with Crippen LogP contribution in [0.2, 0.25) is 5.02 Å². The monoisotopic (exact) mass is 291 g/mol. The van der Waals surface area contributed by atoms with E-state index >= 15 is 0 Å². The van der Waals surface area contributed by atoms with Gasteiger partial charge in [-0.15, -0.1) is 0 Å². The predicted octanol–water partition coefficient (Wildman–Crippen LogP) is 3.33. The molecule has 19 heavy (non-hydrogen) atoms. The second kappa shape index (κ2) is 4.93. The standard InChI is InChI=1S/C11H5ClF3NO3/c12-7-8-4(1-5(3-16-8)10(17)18)2-6(13)9(7)19-11(14)15/h1-3,11H,(H,17,18). The molecule has 0 aliphatic heterocycles. The Morgan fingerprint density at radius 3 is 2.68 bits per heavy atom. The molecule has 0 bridgehead atoms. The molecule has 1 N–H and O–H groups in total. The van der Waals surface area contributed by atoms with Gasteiger partial charge in [-0.25, -0.2) is 9.18 Å². The molecule has 0 atom stereocenters. The van der Waals surface area contributed by atoms with Gasteiger partial charge < -0.3 is 9.84 Å². The molecular weight excluding hydrogens is 287 g/mol. The third kappa shape index (κ3) is 2.55. The maximum Gasteiger partial charge on any atom is 0.387 e. The van der Waals surface area contributed by atoms with Crippen LogP contribution in [-0.4, -0.2) is 22.7 Å². The molecule has 0 aliphatic carbocycles. The number of carboxylic acid groups (broad SMARTS) is 1. The van der Waals surface area contributed by atoms with Gasteiger partial charge in [0.15, 0.2) is 11.6 Å². The molecule has 100 valence electrons. The van der Waals surface area contributed by atoms with Gasteiger partial charge in [-0.05, 0) is 12.1 Å². The molecule has 4 nitrogen and oxygen atoms in total. The second-order valence-electron chi connectivity index (χ2n) is 3.48. The van der Waals surface area contributed by atoms with Crippen molar-refractivity contribution in [1.82, 2.24) is 4.98 Å². The van der Waals surface area contributed by atoms with Crippen LogP contribution < -0.4 is 4.74 Å². The fraction of sp³-hybridized carbons (Fsp3) is 0.0909. The minimum absolute atomic E-state index is 0.0243. The molecule has 0 radical (unpaired) electrons. The molecule has 1 heterocycles. The summed E-state index contributed by atoms with van der Waals surface area (Å²) in [6.45, 7) is -3.23. The maximum absolute atomic E-state index is 13.6. The van der Waals surface area contributed by atoms with E-state index in [-0.39, 0.29) is 16.5 Å². The zero-order valence-electron chi connectivity index (χ0n) is 9.03. The van der Waals surface area contributed by atoms with Gasteiger partial charge in [-0.2, -0.15) is 8.78 Å². The minimum Gasteiger partial charge on any atom is -0.478 e. The second-order valence-corrected chi connectivity index (χ2v) is 3.86. The average Bonchev–Trinajstić information content (AvgIpc) is 2.33. The van der Waals surface area contributed by atoms with Crippen LogP contribution in [-0.2, 0) is 0 Å².